The number of halogens is 1. The predicted octanol–water partition coefficient (Wildman–Crippen LogP) is 2.64. The number of nitrogens with zero attached hydrogens (tertiary/aromatic N) is 3. The van der Waals surface area contributed by atoms with E-state index >= 15 is 0 Å². The minimum absolute atomic E-state index is 0.158. The molecule has 0 aliphatic heterocycles. The molecule has 0 saturated heterocycles. The molecule has 0 radical (unpaired) electrons. The summed E-state index contributed by atoms with van der Waals surface area (Å²) in [7, 11) is -0.805. The van der Waals surface area contributed by atoms with Gasteiger partial charge >= 0.3 is 0 Å². The number of pyridine rings is 1. The van der Waals surface area contributed by atoms with Gasteiger partial charge in [0.2, 0.25) is 0 Å². The zero-order valence-electron chi connectivity index (χ0n) is 11.4. The third-order valence-electron chi connectivity index (χ3n) is 3.25. The van der Waals surface area contributed by atoms with E-state index in [1.54, 1.807) is 6.26 Å². The number of aryl methyl sites for hydroxylation is 2. The van der Waals surface area contributed by atoms with E-state index < -0.39 is 10.8 Å². The van der Waals surface area contributed by atoms with Crippen LogP contribution >= 0.6 is 11.6 Å². The van der Waals surface area contributed by atoms with Gasteiger partial charge in [0.25, 0.3) is 0 Å². The molecule has 0 aliphatic carbocycles. The first-order valence-electron chi connectivity index (χ1n) is 6.23. The van der Waals surface area contributed by atoms with Crippen molar-refractivity contribution in [3.05, 3.63) is 23.7 Å². The SMILES string of the molecule is Cc1cnc2c(c1)nc(CCl)n2CCC(C)S(C)=O. The summed E-state index contributed by atoms with van der Waals surface area (Å²) >= 11 is 5.95. The number of rotatable bonds is 5. The topological polar surface area (TPSA) is 47.8 Å². The van der Waals surface area contributed by atoms with Gasteiger partial charge in [-0.2, -0.15) is 0 Å². The molecule has 0 saturated carbocycles. The highest BCUT2D eigenvalue weighted by atomic mass is 35.5. The Morgan fingerprint density at radius 2 is 2.26 bits per heavy atom. The number of alkyl halides is 1. The lowest BCUT2D eigenvalue weighted by atomic mass is 10.3. The van der Waals surface area contributed by atoms with E-state index in [-0.39, 0.29) is 5.25 Å². The fourth-order valence-corrected chi connectivity index (χ4v) is 2.61. The van der Waals surface area contributed by atoms with Crippen LogP contribution in [0.5, 0.6) is 0 Å². The monoisotopic (exact) mass is 299 g/mol. The van der Waals surface area contributed by atoms with Crippen LogP contribution in [0.15, 0.2) is 12.3 Å². The van der Waals surface area contributed by atoms with Gasteiger partial charge in [0.15, 0.2) is 5.65 Å². The highest BCUT2D eigenvalue weighted by molar-refractivity contribution is 7.84. The summed E-state index contributed by atoms with van der Waals surface area (Å²) in [5, 5.41) is 0.158. The van der Waals surface area contributed by atoms with Crippen molar-refractivity contribution in [1.29, 1.82) is 0 Å². The van der Waals surface area contributed by atoms with Crippen LogP contribution in [0, 0.1) is 6.92 Å². The predicted molar refractivity (Wildman–Crippen MR) is 80.0 cm³/mol. The highest BCUT2D eigenvalue weighted by Crippen LogP contribution is 2.18. The Hall–Kier alpha value is -0.940. The van der Waals surface area contributed by atoms with Crippen molar-refractivity contribution in [2.75, 3.05) is 6.26 Å². The zero-order valence-corrected chi connectivity index (χ0v) is 13.0. The molecular weight excluding hydrogens is 282 g/mol. The van der Waals surface area contributed by atoms with Crippen LogP contribution in [-0.2, 0) is 23.2 Å². The fraction of sp³-hybridized carbons (Fsp3) is 0.538. The van der Waals surface area contributed by atoms with Crippen LogP contribution in [0.4, 0.5) is 0 Å². The zero-order chi connectivity index (χ0) is 14.0. The largest absolute Gasteiger partial charge is 0.312 e. The number of imidazole rings is 1. The maximum absolute atomic E-state index is 11.4. The lowest BCUT2D eigenvalue weighted by Crippen LogP contribution is -2.14. The van der Waals surface area contributed by atoms with E-state index in [1.807, 2.05) is 30.7 Å². The van der Waals surface area contributed by atoms with E-state index in [4.69, 9.17) is 11.6 Å². The van der Waals surface area contributed by atoms with Gasteiger partial charge in [0, 0.05) is 35.0 Å². The lowest BCUT2D eigenvalue weighted by Gasteiger charge is -2.10. The maximum atomic E-state index is 11.4. The van der Waals surface area contributed by atoms with Crippen LogP contribution in [0.1, 0.15) is 24.7 Å². The Labute approximate surface area is 120 Å². The fourth-order valence-electron chi connectivity index (χ4n) is 1.97. The summed E-state index contributed by atoms with van der Waals surface area (Å²) in [5.41, 5.74) is 2.82. The molecule has 2 aromatic rings. The maximum Gasteiger partial charge on any atom is 0.160 e. The normalized spacial score (nSPS) is 14.7. The molecule has 0 spiro atoms. The van der Waals surface area contributed by atoms with Gasteiger partial charge in [0.05, 0.1) is 5.88 Å². The van der Waals surface area contributed by atoms with Crippen LogP contribution < -0.4 is 0 Å². The summed E-state index contributed by atoms with van der Waals surface area (Å²) in [5.74, 6) is 1.18. The molecule has 2 aromatic heterocycles. The van der Waals surface area contributed by atoms with Crippen molar-refractivity contribution >= 4 is 33.6 Å². The molecule has 2 rings (SSSR count). The molecule has 6 heteroatoms. The number of fused-ring (bicyclic) bond motifs is 1. The molecule has 2 atom stereocenters. The smallest absolute Gasteiger partial charge is 0.160 e. The molecule has 0 aliphatic rings. The second-order valence-electron chi connectivity index (χ2n) is 4.77. The number of hydrogen-bond donors (Lipinski definition) is 0. The first-order valence-corrected chi connectivity index (χ1v) is 8.38. The van der Waals surface area contributed by atoms with Crippen molar-refractivity contribution in [2.24, 2.45) is 0 Å². The van der Waals surface area contributed by atoms with E-state index in [0.717, 1.165) is 35.5 Å². The van der Waals surface area contributed by atoms with Crippen molar-refractivity contribution < 1.29 is 4.21 Å². The average Bonchev–Trinajstić information content (AvgIpc) is 2.72. The molecule has 0 amide bonds. The lowest BCUT2D eigenvalue weighted by molar-refractivity contribution is 0.614. The average molecular weight is 300 g/mol. The van der Waals surface area contributed by atoms with E-state index in [2.05, 4.69) is 9.97 Å². The summed E-state index contributed by atoms with van der Waals surface area (Å²) < 4.78 is 13.4. The first-order chi connectivity index (χ1) is 9.02. The second kappa shape index (κ2) is 6.01. The van der Waals surface area contributed by atoms with E-state index in [1.165, 1.54) is 0 Å². The Kier molecular flexibility index (Phi) is 4.58. The standard InChI is InChI=1S/C13H18ClN3OS/c1-9-6-11-13(15-8-9)17(12(7-14)16-11)5-4-10(2)19(3)18/h6,8,10H,4-5,7H2,1-3H3. The van der Waals surface area contributed by atoms with E-state index in [9.17, 15) is 4.21 Å². The quantitative estimate of drug-likeness (QED) is 0.798. The Morgan fingerprint density at radius 3 is 2.89 bits per heavy atom. The molecule has 104 valence electrons. The summed E-state index contributed by atoms with van der Waals surface area (Å²) in [6.07, 6.45) is 4.40. The molecule has 0 aromatic carbocycles. The van der Waals surface area contributed by atoms with Crippen LogP contribution in [0.3, 0.4) is 0 Å². The Balaban J connectivity index is 2.32. The third-order valence-corrected chi connectivity index (χ3v) is 4.85. The molecule has 2 heterocycles. The van der Waals surface area contributed by atoms with Gasteiger partial charge in [0.1, 0.15) is 11.3 Å². The molecule has 4 nitrogen and oxygen atoms in total. The Morgan fingerprint density at radius 1 is 1.53 bits per heavy atom. The third kappa shape index (κ3) is 3.15. The van der Waals surface area contributed by atoms with Gasteiger partial charge in [-0.25, -0.2) is 9.97 Å². The van der Waals surface area contributed by atoms with Crippen LogP contribution in [0.25, 0.3) is 11.2 Å². The summed E-state index contributed by atoms with van der Waals surface area (Å²) in [4.78, 5) is 8.95. The number of hydrogen-bond acceptors (Lipinski definition) is 3. The highest BCUT2D eigenvalue weighted by Gasteiger charge is 2.13. The molecule has 19 heavy (non-hydrogen) atoms. The van der Waals surface area contributed by atoms with Crippen molar-refractivity contribution in [1.82, 2.24) is 14.5 Å². The van der Waals surface area contributed by atoms with Gasteiger partial charge in [-0.15, -0.1) is 11.6 Å². The summed E-state index contributed by atoms with van der Waals surface area (Å²) in [6.45, 7) is 4.73. The van der Waals surface area contributed by atoms with Crippen molar-refractivity contribution in [2.45, 2.75) is 37.9 Å². The van der Waals surface area contributed by atoms with Crippen LogP contribution in [0.2, 0.25) is 0 Å². The molecule has 0 bridgehead atoms. The summed E-state index contributed by atoms with van der Waals surface area (Å²) in [6, 6.07) is 2.01. The minimum atomic E-state index is -0.805. The van der Waals surface area contributed by atoms with Crippen molar-refractivity contribution in [3.63, 3.8) is 0 Å². The van der Waals surface area contributed by atoms with Crippen LogP contribution in [-0.4, -0.2) is 30.2 Å². The molecular formula is C13H18ClN3OS. The minimum Gasteiger partial charge on any atom is -0.312 e. The van der Waals surface area contributed by atoms with E-state index in [0.29, 0.717) is 5.88 Å². The molecule has 2 unspecified atom stereocenters. The molecule has 0 fully saturated rings. The van der Waals surface area contributed by atoms with Gasteiger partial charge < -0.3 is 4.57 Å². The number of aromatic nitrogens is 3. The second-order valence-corrected chi connectivity index (χ2v) is 6.84. The Bertz CT molecular complexity index is 611. The van der Waals surface area contributed by atoms with Gasteiger partial charge in [-0.05, 0) is 25.0 Å². The van der Waals surface area contributed by atoms with Crippen molar-refractivity contribution in [3.8, 4) is 0 Å². The first kappa shape index (κ1) is 14.5. The molecule has 0 N–H and O–H groups in total. The van der Waals surface area contributed by atoms with Gasteiger partial charge in [-0.3, -0.25) is 4.21 Å². The van der Waals surface area contributed by atoms with Gasteiger partial charge in [-0.1, -0.05) is 6.92 Å².